The summed E-state index contributed by atoms with van der Waals surface area (Å²) in [6.07, 6.45) is 10.9. The molecule has 3 aromatic carbocycles. The molecule has 2 heterocycles. The zero-order chi connectivity index (χ0) is 29.5. The van der Waals surface area contributed by atoms with Crippen molar-refractivity contribution >= 4 is 13.3 Å². The second-order valence-electron chi connectivity index (χ2n) is 12.6. The number of rotatable bonds is 6. The van der Waals surface area contributed by atoms with Gasteiger partial charge in [-0.05, 0) is 71.1 Å². The van der Waals surface area contributed by atoms with Gasteiger partial charge in [0.05, 0.1) is 8.07 Å². The number of benzene rings is 3. The van der Waals surface area contributed by atoms with E-state index in [0.29, 0.717) is 0 Å². The first-order chi connectivity index (χ1) is 20.3. The van der Waals surface area contributed by atoms with Gasteiger partial charge < -0.3 is 9.97 Å². The molecule has 0 aliphatic heterocycles. The van der Waals surface area contributed by atoms with Gasteiger partial charge in [-0.3, -0.25) is 0 Å². The minimum atomic E-state index is -1.35. The maximum absolute atomic E-state index is 4.75. The Labute approximate surface area is 273 Å². The molecule has 0 saturated heterocycles. The smallest absolute Gasteiger partial charge is 0.0798 e. The van der Waals surface area contributed by atoms with Gasteiger partial charge in [0.2, 0.25) is 0 Å². The average Bonchev–Trinajstić information content (AvgIpc) is 3.51. The first kappa shape index (κ1) is 32.7. The SMILES string of the molecule is C[Si](C)(C)c1cnc(-c2[c-]cccc2)cc1CC1CCCC1.Cc1cccc(C)c1-c1ccnc(-c2[c-]cccc2)c1.[Ir]. The molecule has 223 valence electrons. The summed E-state index contributed by atoms with van der Waals surface area (Å²) in [5, 5.41) is 1.54. The fraction of sp³-hybridized carbons (Fsp3) is 0.282. The van der Waals surface area contributed by atoms with E-state index in [9.17, 15) is 0 Å². The number of pyridine rings is 2. The van der Waals surface area contributed by atoms with E-state index in [2.05, 4.69) is 105 Å². The standard InChI is InChI=1S/C20H26NSi.C19H16N.Ir/c1-22(2,3)20-15-21-19(17-11-5-4-6-12-17)14-18(20)13-16-9-7-8-10-16;1-14-7-6-8-15(2)19(14)17-11-12-20-18(13-17)16-9-4-3-5-10-16;/h4-6,11,14-16H,7-10,13H2,1-3H3;3-9,11-13H,1-2H3;/q2*-1;. The summed E-state index contributed by atoms with van der Waals surface area (Å²) in [5.74, 6) is 0.880. The van der Waals surface area contributed by atoms with Gasteiger partial charge in [0.15, 0.2) is 0 Å². The molecule has 43 heavy (non-hydrogen) atoms. The summed E-state index contributed by atoms with van der Waals surface area (Å²) >= 11 is 0. The summed E-state index contributed by atoms with van der Waals surface area (Å²) in [7, 11) is -1.35. The van der Waals surface area contributed by atoms with Crippen LogP contribution >= 0.6 is 0 Å². The fourth-order valence-corrected chi connectivity index (χ4v) is 7.71. The van der Waals surface area contributed by atoms with Crippen LogP contribution in [-0.4, -0.2) is 18.0 Å². The Balaban J connectivity index is 0.000000193. The molecule has 1 aliphatic rings. The summed E-state index contributed by atoms with van der Waals surface area (Å²) in [6, 6.07) is 35.6. The monoisotopic (exact) mass is 759 g/mol. The average molecular weight is 759 g/mol. The van der Waals surface area contributed by atoms with E-state index in [1.807, 2.05) is 42.6 Å². The minimum absolute atomic E-state index is 0. The van der Waals surface area contributed by atoms with Crippen molar-refractivity contribution in [2.75, 3.05) is 0 Å². The van der Waals surface area contributed by atoms with E-state index < -0.39 is 8.07 Å². The number of hydrogen-bond donors (Lipinski definition) is 0. The molecule has 1 saturated carbocycles. The van der Waals surface area contributed by atoms with Crippen LogP contribution in [0.5, 0.6) is 0 Å². The quantitative estimate of drug-likeness (QED) is 0.127. The van der Waals surface area contributed by atoms with Crippen LogP contribution in [0.15, 0.2) is 97.3 Å². The van der Waals surface area contributed by atoms with Crippen molar-refractivity contribution in [2.24, 2.45) is 5.92 Å². The molecule has 2 nitrogen and oxygen atoms in total. The summed E-state index contributed by atoms with van der Waals surface area (Å²) in [6.45, 7) is 11.6. The van der Waals surface area contributed by atoms with Crippen LogP contribution in [0.1, 0.15) is 42.4 Å². The first-order valence-electron chi connectivity index (χ1n) is 15.3. The third kappa shape index (κ3) is 8.47. The molecule has 0 unspecified atom stereocenters. The van der Waals surface area contributed by atoms with Crippen LogP contribution in [-0.2, 0) is 26.5 Å². The molecule has 0 atom stereocenters. The summed E-state index contributed by atoms with van der Waals surface area (Å²) < 4.78 is 0. The second-order valence-corrected chi connectivity index (χ2v) is 17.6. The molecular formula is C39H42IrN2Si-2. The Kier molecular flexibility index (Phi) is 11.4. The van der Waals surface area contributed by atoms with E-state index in [1.54, 1.807) is 10.8 Å². The van der Waals surface area contributed by atoms with Crippen molar-refractivity contribution in [3.8, 4) is 33.6 Å². The Morgan fingerprint density at radius 2 is 1.35 bits per heavy atom. The zero-order valence-electron chi connectivity index (χ0n) is 26.1. The Morgan fingerprint density at radius 1 is 0.744 bits per heavy atom. The molecule has 0 bridgehead atoms. The van der Waals surface area contributed by atoms with Gasteiger partial charge in [0, 0.05) is 32.5 Å². The predicted octanol–water partition coefficient (Wildman–Crippen LogP) is 9.66. The van der Waals surface area contributed by atoms with E-state index in [0.717, 1.165) is 28.4 Å². The van der Waals surface area contributed by atoms with Crippen LogP contribution in [0, 0.1) is 31.9 Å². The molecule has 1 aliphatic carbocycles. The first-order valence-corrected chi connectivity index (χ1v) is 18.8. The summed E-state index contributed by atoms with van der Waals surface area (Å²) in [4.78, 5) is 9.22. The molecule has 0 N–H and O–H groups in total. The molecule has 6 rings (SSSR count). The van der Waals surface area contributed by atoms with Crippen LogP contribution in [0.25, 0.3) is 33.6 Å². The van der Waals surface area contributed by atoms with Crippen molar-refractivity contribution in [2.45, 2.75) is 65.6 Å². The number of nitrogens with zero attached hydrogens (tertiary/aromatic N) is 2. The van der Waals surface area contributed by atoms with Crippen LogP contribution < -0.4 is 5.19 Å². The van der Waals surface area contributed by atoms with Crippen LogP contribution in [0.3, 0.4) is 0 Å². The van der Waals surface area contributed by atoms with Crippen molar-refractivity contribution in [1.29, 1.82) is 0 Å². The van der Waals surface area contributed by atoms with Crippen molar-refractivity contribution in [3.05, 3.63) is 126 Å². The van der Waals surface area contributed by atoms with E-state index in [1.165, 1.54) is 54.4 Å². The van der Waals surface area contributed by atoms with Gasteiger partial charge in [0.1, 0.15) is 0 Å². The maximum atomic E-state index is 4.75. The molecule has 1 radical (unpaired) electrons. The summed E-state index contributed by atoms with van der Waals surface area (Å²) in [5.41, 5.74) is 10.8. The van der Waals surface area contributed by atoms with E-state index in [4.69, 9.17) is 4.98 Å². The van der Waals surface area contributed by atoms with Gasteiger partial charge >= 0.3 is 0 Å². The van der Waals surface area contributed by atoms with Crippen LogP contribution in [0.4, 0.5) is 0 Å². The third-order valence-electron chi connectivity index (χ3n) is 8.28. The number of hydrogen-bond acceptors (Lipinski definition) is 2. The molecule has 4 heteroatoms. The van der Waals surface area contributed by atoms with Crippen molar-refractivity contribution < 1.29 is 20.1 Å². The second kappa shape index (κ2) is 15.0. The Bertz CT molecular complexity index is 1580. The van der Waals surface area contributed by atoms with Crippen molar-refractivity contribution in [3.63, 3.8) is 0 Å². The van der Waals surface area contributed by atoms with Gasteiger partial charge in [-0.1, -0.05) is 81.2 Å². The molecule has 0 amide bonds. The fourth-order valence-electron chi connectivity index (χ4n) is 6.12. The molecule has 0 spiro atoms. The Hall–Kier alpha value is -3.17. The van der Waals surface area contributed by atoms with Crippen LogP contribution in [0.2, 0.25) is 19.6 Å². The topological polar surface area (TPSA) is 25.8 Å². The molecule has 5 aromatic rings. The molecular weight excluding hydrogens is 717 g/mol. The third-order valence-corrected chi connectivity index (χ3v) is 10.3. The zero-order valence-corrected chi connectivity index (χ0v) is 29.5. The number of aryl methyl sites for hydroxylation is 2. The number of aromatic nitrogens is 2. The molecule has 2 aromatic heterocycles. The normalized spacial score (nSPS) is 13.1. The van der Waals surface area contributed by atoms with Crippen molar-refractivity contribution in [1.82, 2.24) is 9.97 Å². The largest absolute Gasteiger partial charge is 0.305 e. The van der Waals surface area contributed by atoms with Gasteiger partial charge in [0.25, 0.3) is 0 Å². The van der Waals surface area contributed by atoms with Gasteiger partial charge in [-0.2, -0.15) is 0 Å². The minimum Gasteiger partial charge on any atom is -0.305 e. The Morgan fingerprint density at radius 3 is 1.91 bits per heavy atom. The van der Waals surface area contributed by atoms with Gasteiger partial charge in [-0.25, -0.2) is 0 Å². The van der Waals surface area contributed by atoms with E-state index >= 15 is 0 Å². The van der Waals surface area contributed by atoms with E-state index in [-0.39, 0.29) is 20.1 Å². The molecule has 1 fully saturated rings. The predicted molar refractivity (Wildman–Crippen MR) is 181 cm³/mol. The maximum Gasteiger partial charge on any atom is 0.0798 e. The van der Waals surface area contributed by atoms with Gasteiger partial charge in [-0.15, -0.1) is 71.8 Å².